The summed E-state index contributed by atoms with van der Waals surface area (Å²) in [7, 11) is 0. The van der Waals surface area contributed by atoms with Crippen LogP contribution in [0.1, 0.15) is 5.56 Å². The van der Waals surface area contributed by atoms with Gasteiger partial charge in [0, 0.05) is 6.16 Å². The average Bonchev–Trinajstić information content (AvgIpc) is 2.33. The normalized spacial score (nSPS) is 12.4. The lowest BCUT2D eigenvalue weighted by atomic mass is 10.2. The smallest absolute Gasteiger partial charge is 0.126 e. The summed E-state index contributed by atoms with van der Waals surface area (Å²) < 4.78 is 26.2. The molecular formula is C13H11F2PS. The summed E-state index contributed by atoms with van der Waals surface area (Å²) in [6, 6.07) is 12.8. The molecule has 0 aromatic heterocycles. The topological polar surface area (TPSA) is 0 Å². The standard InChI is InChI=1S/C13H11F2PS/c14-11-5-7-12(8-6-11)16(17)9-10-3-1-2-4-13(10)15/h1-8,16H,9H2. The van der Waals surface area contributed by atoms with Crippen LogP contribution in [0, 0.1) is 11.6 Å². The maximum absolute atomic E-state index is 13.4. The number of hydrogen-bond acceptors (Lipinski definition) is 1. The zero-order valence-corrected chi connectivity index (χ0v) is 10.8. The monoisotopic (exact) mass is 268 g/mol. The van der Waals surface area contributed by atoms with Crippen molar-refractivity contribution in [1.29, 1.82) is 0 Å². The van der Waals surface area contributed by atoms with E-state index in [2.05, 4.69) is 0 Å². The van der Waals surface area contributed by atoms with Crippen molar-refractivity contribution in [3.63, 3.8) is 0 Å². The van der Waals surface area contributed by atoms with Gasteiger partial charge in [-0.15, -0.1) is 0 Å². The highest BCUT2D eigenvalue weighted by atomic mass is 32.4. The van der Waals surface area contributed by atoms with Crippen molar-refractivity contribution < 1.29 is 8.78 Å². The van der Waals surface area contributed by atoms with Gasteiger partial charge >= 0.3 is 0 Å². The Labute approximate surface area is 105 Å². The Morgan fingerprint density at radius 3 is 2.24 bits per heavy atom. The third kappa shape index (κ3) is 3.21. The van der Waals surface area contributed by atoms with Crippen LogP contribution < -0.4 is 5.30 Å². The van der Waals surface area contributed by atoms with Gasteiger partial charge in [0.2, 0.25) is 0 Å². The number of halogens is 2. The van der Waals surface area contributed by atoms with Crippen molar-refractivity contribution in [2.75, 3.05) is 0 Å². The van der Waals surface area contributed by atoms with E-state index in [1.807, 2.05) is 0 Å². The van der Waals surface area contributed by atoms with E-state index in [1.165, 1.54) is 18.2 Å². The number of hydrogen-bond donors (Lipinski definition) is 0. The second-order valence-electron chi connectivity index (χ2n) is 3.70. The van der Waals surface area contributed by atoms with Crippen LogP contribution in [0.3, 0.4) is 0 Å². The zero-order valence-electron chi connectivity index (χ0n) is 8.99. The van der Waals surface area contributed by atoms with E-state index in [0.29, 0.717) is 11.7 Å². The molecule has 0 spiro atoms. The fourth-order valence-corrected chi connectivity index (χ4v) is 3.80. The highest BCUT2D eigenvalue weighted by Crippen LogP contribution is 2.27. The second kappa shape index (κ2) is 5.52. The molecule has 2 aromatic carbocycles. The summed E-state index contributed by atoms with van der Waals surface area (Å²) in [6.07, 6.45) is 0.540. The minimum absolute atomic E-state index is 0.220. The Balaban J connectivity index is 2.17. The van der Waals surface area contributed by atoms with Crippen LogP contribution in [-0.2, 0) is 18.0 Å². The molecule has 0 saturated carbocycles. The molecule has 0 saturated heterocycles. The maximum Gasteiger partial charge on any atom is 0.126 e. The van der Waals surface area contributed by atoms with E-state index < -0.39 is 6.70 Å². The second-order valence-corrected chi connectivity index (χ2v) is 6.95. The van der Waals surface area contributed by atoms with Gasteiger partial charge in [0.1, 0.15) is 11.6 Å². The Kier molecular flexibility index (Phi) is 4.03. The van der Waals surface area contributed by atoms with Gasteiger partial charge in [-0.25, -0.2) is 8.78 Å². The number of benzene rings is 2. The lowest BCUT2D eigenvalue weighted by Crippen LogP contribution is -1.98. The van der Waals surface area contributed by atoms with Crippen molar-refractivity contribution >= 4 is 23.8 Å². The highest BCUT2D eigenvalue weighted by Gasteiger charge is 2.05. The Morgan fingerprint density at radius 2 is 1.59 bits per heavy atom. The Bertz CT molecular complexity index is 537. The van der Waals surface area contributed by atoms with Gasteiger partial charge in [0.15, 0.2) is 0 Å². The third-order valence-electron chi connectivity index (χ3n) is 2.48. The molecule has 0 radical (unpaired) electrons. The summed E-state index contributed by atoms with van der Waals surface area (Å²) in [4.78, 5) is 0. The molecule has 0 N–H and O–H groups in total. The van der Waals surface area contributed by atoms with Crippen LogP contribution >= 0.6 is 6.70 Å². The first-order valence-corrected chi connectivity index (χ1v) is 8.03. The van der Waals surface area contributed by atoms with E-state index in [9.17, 15) is 8.78 Å². The fraction of sp³-hybridized carbons (Fsp3) is 0.0769. The molecular weight excluding hydrogens is 257 g/mol. The minimum atomic E-state index is -1.28. The first-order chi connectivity index (χ1) is 8.16. The highest BCUT2D eigenvalue weighted by molar-refractivity contribution is 8.08. The van der Waals surface area contributed by atoms with Gasteiger partial charge < -0.3 is 0 Å². The van der Waals surface area contributed by atoms with E-state index in [0.717, 1.165) is 5.30 Å². The van der Waals surface area contributed by atoms with Gasteiger partial charge in [-0.2, -0.15) is 0 Å². The predicted octanol–water partition coefficient (Wildman–Crippen LogP) is 3.47. The van der Waals surface area contributed by atoms with Crippen LogP contribution in [0.25, 0.3) is 0 Å². The first kappa shape index (κ1) is 12.4. The van der Waals surface area contributed by atoms with Crippen molar-refractivity contribution in [1.82, 2.24) is 0 Å². The molecule has 0 amide bonds. The van der Waals surface area contributed by atoms with Crippen LogP contribution in [0.4, 0.5) is 8.78 Å². The first-order valence-electron chi connectivity index (χ1n) is 5.19. The zero-order chi connectivity index (χ0) is 12.3. The van der Waals surface area contributed by atoms with Crippen molar-refractivity contribution in [3.05, 3.63) is 65.7 Å². The molecule has 0 nitrogen and oxygen atoms in total. The Morgan fingerprint density at radius 1 is 0.941 bits per heavy atom. The molecule has 17 heavy (non-hydrogen) atoms. The molecule has 0 aliphatic rings. The summed E-state index contributed by atoms with van der Waals surface area (Å²) in [6.45, 7) is -1.28. The van der Waals surface area contributed by atoms with Crippen molar-refractivity contribution in [2.45, 2.75) is 6.16 Å². The molecule has 0 fully saturated rings. The molecule has 0 heterocycles. The largest absolute Gasteiger partial charge is 0.207 e. The average molecular weight is 268 g/mol. The van der Waals surface area contributed by atoms with E-state index in [1.54, 1.807) is 30.3 Å². The molecule has 1 unspecified atom stereocenters. The van der Waals surface area contributed by atoms with E-state index in [-0.39, 0.29) is 11.6 Å². The lowest BCUT2D eigenvalue weighted by molar-refractivity contribution is 0.617. The van der Waals surface area contributed by atoms with Crippen LogP contribution in [-0.4, -0.2) is 0 Å². The molecule has 0 aliphatic heterocycles. The summed E-state index contributed by atoms with van der Waals surface area (Å²) in [5.41, 5.74) is 0.640. The molecule has 0 aliphatic carbocycles. The molecule has 1 atom stereocenters. The fourth-order valence-electron chi connectivity index (χ4n) is 1.55. The van der Waals surface area contributed by atoms with E-state index >= 15 is 0 Å². The van der Waals surface area contributed by atoms with Crippen LogP contribution in [0.5, 0.6) is 0 Å². The predicted molar refractivity (Wildman–Crippen MR) is 71.8 cm³/mol. The van der Waals surface area contributed by atoms with Crippen LogP contribution in [0.2, 0.25) is 0 Å². The van der Waals surface area contributed by atoms with Crippen molar-refractivity contribution in [3.8, 4) is 0 Å². The van der Waals surface area contributed by atoms with Crippen LogP contribution in [0.15, 0.2) is 48.5 Å². The van der Waals surface area contributed by atoms with E-state index in [4.69, 9.17) is 11.8 Å². The van der Waals surface area contributed by atoms with Gasteiger partial charge in [-0.1, -0.05) is 42.1 Å². The van der Waals surface area contributed by atoms with Gasteiger partial charge in [0.05, 0.1) is 0 Å². The quantitative estimate of drug-likeness (QED) is 0.768. The summed E-state index contributed by atoms with van der Waals surface area (Å²) in [5, 5.41) is 0.939. The molecule has 2 aromatic rings. The maximum atomic E-state index is 13.4. The van der Waals surface area contributed by atoms with Gasteiger partial charge in [-0.3, -0.25) is 0 Å². The molecule has 2 rings (SSSR count). The molecule has 0 bridgehead atoms. The SMILES string of the molecule is Fc1ccc([PH](=S)Cc2ccccc2F)cc1. The third-order valence-corrected chi connectivity index (χ3v) is 5.29. The lowest BCUT2D eigenvalue weighted by Gasteiger charge is -2.06. The summed E-state index contributed by atoms with van der Waals surface area (Å²) >= 11 is 5.40. The number of rotatable bonds is 3. The van der Waals surface area contributed by atoms with Gasteiger partial charge in [0.25, 0.3) is 0 Å². The Hall–Kier alpha value is -1.05. The van der Waals surface area contributed by atoms with Crippen molar-refractivity contribution in [2.24, 2.45) is 0 Å². The molecule has 88 valence electrons. The minimum Gasteiger partial charge on any atom is -0.207 e. The summed E-state index contributed by atoms with van der Waals surface area (Å²) in [5.74, 6) is -0.494. The molecule has 4 heteroatoms. The van der Waals surface area contributed by atoms with Gasteiger partial charge in [-0.05, 0) is 35.8 Å².